The van der Waals surface area contributed by atoms with Crippen molar-refractivity contribution < 1.29 is 4.79 Å². The van der Waals surface area contributed by atoms with Crippen LogP contribution in [0.2, 0.25) is 0 Å². The maximum atomic E-state index is 12.9. The minimum absolute atomic E-state index is 0.0838. The molecule has 112 valence electrons. The van der Waals surface area contributed by atoms with Gasteiger partial charge in [0.1, 0.15) is 6.04 Å². The van der Waals surface area contributed by atoms with Gasteiger partial charge in [0, 0.05) is 31.7 Å². The van der Waals surface area contributed by atoms with Crippen LogP contribution in [0.3, 0.4) is 0 Å². The highest BCUT2D eigenvalue weighted by Gasteiger charge is 2.26. The van der Waals surface area contributed by atoms with Crippen molar-refractivity contribution in [3.05, 3.63) is 42.7 Å². The lowest BCUT2D eigenvalue weighted by Gasteiger charge is -2.26. The van der Waals surface area contributed by atoms with Crippen LogP contribution in [-0.2, 0) is 17.9 Å². The Hall–Kier alpha value is -2.04. The molecule has 1 amide bonds. The van der Waals surface area contributed by atoms with E-state index in [1.807, 2.05) is 46.5 Å². The summed E-state index contributed by atoms with van der Waals surface area (Å²) in [6, 6.07) is 3.88. The second-order valence-corrected chi connectivity index (χ2v) is 5.63. The van der Waals surface area contributed by atoms with Gasteiger partial charge in [0.25, 0.3) is 0 Å². The van der Waals surface area contributed by atoms with Gasteiger partial charge in [0.05, 0.1) is 18.6 Å². The SMILES string of the molecule is CCC[C@@H](C(=O)N1CCCn2cncc2C1)n1cccc1. The van der Waals surface area contributed by atoms with E-state index in [1.165, 1.54) is 0 Å². The average Bonchev–Trinajstić information content (AvgIpc) is 3.12. The number of hydrogen-bond acceptors (Lipinski definition) is 2. The smallest absolute Gasteiger partial charge is 0.245 e. The van der Waals surface area contributed by atoms with Crippen molar-refractivity contribution in [2.45, 2.75) is 45.3 Å². The Balaban J connectivity index is 1.79. The van der Waals surface area contributed by atoms with E-state index in [4.69, 9.17) is 0 Å². The number of imidazole rings is 1. The highest BCUT2D eigenvalue weighted by Crippen LogP contribution is 2.21. The fourth-order valence-corrected chi connectivity index (χ4v) is 3.02. The second kappa shape index (κ2) is 6.16. The van der Waals surface area contributed by atoms with Gasteiger partial charge in [-0.05, 0) is 25.0 Å². The summed E-state index contributed by atoms with van der Waals surface area (Å²) in [6.07, 6.45) is 10.6. The van der Waals surface area contributed by atoms with Gasteiger partial charge in [-0.25, -0.2) is 4.98 Å². The predicted molar refractivity (Wildman–Crippen MR) is 80.6 cm³/mol. The van der Waals surface area contributed by atoms with Crippen molar-refractivity contribution in [2.75, 3.05) is 6.54 Å². The summed E-state index contributed by atoms with van der Waals surface area (Å²) in [4.78, 5) is 19.1. The summed E-state index contributed by atoms with van der Waals surface area (Å²) in [5, 5.41) is 0. The van der Waals surface area contributed by atoms with E-state index in [-0.39, 0.29) is 11.9 Å². The molecule has 1 aliphatic heterocycles. The van der Waals surface area contributed by atoms with Crippen molar-refractivity contribution in [3.8, 4) is 0 Å². The minimum Gasteiger partial charge on any atom is -0.342 e. The number of amides is 1. The van der Waals surface area contributed by atoms with Crippen LogP contribution in [0, 0.1) is 0 Å². The molecule has 0 saturated heterocycles. The van der Waals surface area contributed by atoms with Crippen LogP contribution in [-0.4, -0.2) is 31.5 Å². The molecule has 0 aliphatic carbocycles. The van der Waals surface area contributed by atoms with Gasteiger partial charge in [-0.2, -0.15) is 0 Å². The molecule has 1 aliphatic rings. The normalized spacial score (nSPS) is 16.3. The molecule has 0 unspecified atom stereocenters. The molecule has 5 heteroatoms. The molecule has 0 saturated carbocycles. The standard InChI is InChI=1S/C16H22N4O/c1-2-6-15(18-7-3-4-8-18)16(21)19-9-5-10-20-13-17-11-14(20)12-19/h3-4,7-8,11,13,15H,2,5-6,9-10,12H2,1H3/t15-/m0/s1. The molecule has 3 heterocycles. The summed E-state index contributed by atoms with van der Waals surface area (Å²) in [7, 11) is 0. The molecular weight excluding hydrogens is 264 g/mol. The van der Waals surface area contributed by atoms with Gasteiger partial charge in [0.15, 0.2) is 0 Å². The minimum atomic E-state index is -0.0838. The fraction of sp³-hybridized carbons (Fsp3) is 0.500. The quantitative estimate of drug-likeness (QED) is 0.866. The largest absolute Gasteiger partial charge is 0.342 e. The Bertz CT molecular complexity index is 587. The maximum Gasteiger partial charge on any atom is 0.245 e. The highest BCUT2D eigenvalue weighted by atomic mass is 16.2. The fourth-order valence-electron chi connectivity index (χ4n) is 3.02. The zero-order valence-electron chi connectivity index (χ0n) is 12.5. The molecule has 0 aromatic carbocycles. The Labute approximate surface area is 125 Å². The van der Waals surface area contributed by atoms with E-state index in [0.29, 0.717) is 6.54 Å². The van der Waals surface area contributed by atoms with Crippen LogP contribution in [0.4, 0.5) is 0 Å². The van der Waals surface area contributed by atoms with E-state index in [2.05, 4.69) is 16.5 Å². The van der Waals surface area contributed by atoms with Gasteiger partial charge >= 0.3 is 0 Å². The van der Waals surface area contributed by atoms with Gasteiger partial charge < -0.3 is 14.0 Å². The Morgan fingerprint density at radius 2 is 2.14 bits per heavy atom. The lowest BCUT2D eigenvalue weighted by atomic mass is 10.1. The first-order valence-electron chi connectivity index (χ1n) is 7.70. The summed E-state index contributed by atoms with van der Waals surface area (Å²) < 4.78 is 4.19. The summed E-state index contributed by atoms with van der Waals surface area (Å²) >= 11 is 0. The number of fused-ring (bicyclic) bond motifs is 1. The molecule has 3 rings (SSSR count). The zero-order valence-corrected chi connectivity index (χ0v) is 12.5. The maximum absolute atomic E-state index is 12.9. The summed E-state index contributed by atoms with van der Waals surface area (Å²) in [6.45, 7) is 4.56. The Morgan fingerprint density at radius 3 is 2.90 bits per heavy atom. The number of aromatic nitrogens is 3. The number of aryl methyl sites for hydroxylation is 1. The van der Waals surface area contributed by atoms with Gasteiger partial charge in [0.2, 0.25) is 5.91 Å². The Morgan fingerprint density at radius 1 is 1.33 bits per heavy atom. The molecule has 0 radical (unpaired) electrons. The first kappa shape index (κ1) is 13.9. The first-order chi connectivity index (χ1) is 10.3. The number of carbonyl (C=O) groups excluding carboxylic acids is 1. The molecular formula is C16H22N4O. The molecule has 0 fully saturated rings. The van der Waals surface area contributed by atoms with Crippen molar-refractivity contribution >= 4 is 5.91 Å². The van der Waals surface area contributed by atoms with Crippen molar-refractivity contribution in [2.24, 2.45) is 0 Å². The van der Waals surface area contributed by atoms with Crippen LogP contribution in [0.25, 0.3) is 0 Å². The zero-order chi connectivity index (χ0) is 14.7. The number of nitrogens with zero attached hydrogens (tertiary/aromatic N) is 4. The lowest BCUT2D eigenvalue weighted by Crippen LogP contribution is -2.36. The Kier molecular flexibility index (Phi) is 4.08. The van der Waals surface area contributed by atoms with E-state index in [9.17, 15) is 4.79 Å². The highest BCUT2D eigenvalue weighted by molar-refractivity contribution is 5.80. The molecule has 2 aromatic heterocycles. The third kappa shape index (κ3) is 2.86. The molecule has 0 bridgehead atoms. The molecule has 5 nitrogen and oxygen atoms in total. The number of hydrogen-bond donors (Lipinski definition) is 0. The predicted octanol–water partition coefficient (Wildman–Crippen LogP) is 2.46. The third-order valence-corrected chi connectivity index (χ3v) is 4.12. The topological polar surface area (TPSA) is 43.1 Å². The van der Waals surface area contributed by atoms with Crippen LogP contribution >= 0.6 is 0 Å². The monoisotopic (exact) mass is 286 g/mol. The van der Waals surface area contributed by atoms with Crippen molar-refractivity contribution in [3.63, 3.8) is 0 Å². The van der Waals surface area contributed by atoms with E-state index in [1.54, 1.807) is 0 Å². The van der Waals surface area contributed by atoms with Crippen molar-refractivity contribution in [1.29, 1.82) is 0 Å². The molecule has 0 spiro atoms. The van der Waals surface area contributed by atoms with Crippen LogP contribution in [0.5, 0.6) is 0 Å². The van der Waals surface area contributed by atoms with Gasteiger partial charge in [-0.1, -0.05) is 13.3 Å². The third-order valence-electron chi connectivity index (χ3n) is 4.12. The first-order valence-corrected chi connectivity index (χ1v) is 7.70. The lowest BCUT2D eigenvalue weighted by molar-refractivity contribution is -0.135. The molecule has 0 N–H and O–H groups in total. The number of rotatable bonds is 4. The van der Waals surface area contributed by atoms with Crippen LogP contribution in [0.1, 0.15) is 37.9 Å². The van der Waals surface area contributed by atoms with Crippen LogP contribution < -0.4 is 0 Å². The van der Waals surface area contributed by atoms with Gasteiger partial charge in [-0.3, -0.25) is 4.79 Å². The van der Waals surface area contributed by atoms with Gasteiger partial charge in [-0.15, -0.1) is 0 Å². The molecule has 21 heavy (non-hydrogen) atoms. The van der Waals surface area contributed by atoms with Crippen LogP contribution in [0.15, 0.2) is 37.1 Å². The van der Waals surface area contributed by atoms with E-state index >= 15 is 0 Å². The molecule has 2 aromatic rings. The second-order valence-electron chi connectivity index (χ2n) is 5.63. The number of carbonyl (C=O) groups is 1. The molecule has 1 atom stereocenters. The summed E-state index contributed by atoms with van der Waals surface area (Å²) in [5.74, 6) is 0.225. The average molecular weight is 286 g/mol. The summed E-state index contributed by atoms with van der Waals surface area (Å²) in [5.41, 5.74) is 1.13. The van der Waals surface area contributed by atoms with Crippen molar-refractivity contribution in [1.82, 2.24) is 19.0 Å². The van der Waals surface area contributed by atoms with E-state index in [0.717, 1.165) is 38.0 Å². The van der Waals surface area contributed by atoms with E-state index < -0.39 is 0 Å².